The summed E-state index contributed by atoms with van der Waals surface area (Å²) in [5, 5.41) is 10.0. The highest BCUT2D eigenvalue weighted by Crippen LogP contribution is 2.39. The lowest BCUT2D eigenvalue weighted by Gasteiger charge is -2.14. The summed E-state index contributed by atoms with van der Waals surface area (Å²) in [6, 6.07) is 3.25. The van der Waals surface area contributed by atoms with Crippen LogP contribution in [0.5, 0.6) is 11.5 Å². The summed E-state index contributed by atoms with van der Waals surface area (Å²) in [6.07, 6.45) is 0. The second-order valence-corrected chi connectivity index (χ2v) is 5.21. The average molecular weight is 384 g/mol. The molecule has 0 aliphatic rings. The summed E-state index contributed by atoms with van der Waals surface area (Å²) in [4.78, 5) is 22.3. The number of amides is 2. The number of benzene rings is 1. The maximum atomic E-state index is 11.4. The van der Waals surface area contributed by atoms with Gasteiger partial charge >= 0.3 is 0 Å². The first-order valence-corrected chi connectivity index (χ1v) is 7.31. The lowest BCUT2D eigenvalue weighted by Crippen LogP contribution is -2.20. The Morgan fingerprint density at radius 3 is 2.61 bits per heavy atom. The largest absolute Gasteiger partial charge is 0.490 e. The van der Waals surface area contributed by atoms with Crippen LogP contribution in [0.2, 0.25) is 0 Å². The molecule has 0 aliphatic heterocycles. The summed E-state index contributed by atoms with van der Waals surface area (Å²) in [7, 11) is 0. The van der Waals surface area contributed by atoms with Gasteiger partial charge in [-0.1, -0.05) is 0 Å². The van der Waals surface area contributed by atoms with Crippen LogP contribution >= 0.6 is 15.9 Å². The summed E-state index contributed by atoms with van der Waals surface area (Å²) < 4.78 is 11.4. The van der Waals surface area contributed by atoms with Gasteiger partial charge in [0.15, 0.2) is 23.8 Å². The molecule has 2 rings (SSSR count). The molecule has 0 fully saturated rings. The number of aromatic amines is 1. The van der Waals surface area contributed by atoms with Crippen LogP contribution in [0, 0.1) is 0 Å². The van der Waals surface area contributed by atoms with Gasteiger partial charge in [0.2, 0.25) is 0 Å². The van der Waals surface area contributed by atoms with Crippen molar-refractivity contribution in [3.05, 3.63) is 22.3 Å². The topological polar surface area (TPSA) is 146 Å². The van der Waals surface area contributed by atoms with Crippen molar-refractivity contribution >= 4 is 27.7 Å². The summed E-state index contributed by atoms with van der Waals surface area (Å²) in [6.45, 7) is 1.86. The average Bonchev–Trinajstić information content (AvgIpc) is 2.95. The number of H-pyrrole nitrogens is 1. The fraction of sp³-hybridized carbons (Fsp3) is 0.231. The number of aromatic nitrogens is 3. The van der Waals surface area contributed by atoms with Crippen molar-refractivity contribution in [2.75, 3.05) is 13.2 Å². The van der Waals surface area contributed by atoms with Crippen LogP contribution in [0.3, 0.4) is 0 Å². The van der Waals surface area contributed by atoms with Crippen LogP contribution in [0.25, 0.3) is 11.3 Å². The second kappa shape index (κ2) is 7.09. The molecule has 0 bridgehead atoms. The third-order valence-electron chi connectivity index (χ3n) is 2.72. The van der Waals surface area contributed by atoms with Gasteiger partial charge in [0.1, 0.15) is 5.69 Å². The Balaban J connectivity index is 2.49. The Hall–Kier alpha value is -2.62. The van der Waals surface area contributed by atoms with Crippen molar-refractivity contribution in [3.63, 3.8) is 0 Å². The number of nitrogens with zero attached hydrogens (tertiary/aromatic N) is 2. The Labute approximate surface area is 139 Å². The number of nitrogens with one attached hydrogen (secondary N) is 1. The van der Waals surface area contributed by atoms with E-state index in [9.17, 15) is 9.59 Å². The van der Waals surface area contributed by atoms with Crippen LogP contribution in [-0.4, -0.2) is 40.4 Å². The van der Waals surface area contributed by atoms with E-state index in [-0.39, 0.29) is 18.0 Å². The van der Waals surface area contributed by atoms with Crippen molar-refractivity contribution in [1.29, 1.82) is 0 Å². The molecule has 9 nitrogen and oxygen atoms in total. The first-order valence-electron chi connectivity index (χ1n) is 6.52. The number of carbonyl (C=O) groups is 2. The third kappa shape index (κ3) is 3.77. The fourth-order valence-electron chi connectivity index (χ4n) is 1.85. The van der Waals surface area contributed by atoms with Crippen LogP contribution in [0.1, 0.15) is 17.4 Å². The molecule has 122 valence electrons. The van der Waals surface area contributed by atoms with Gasteiger partial charge in [0.25, 0.3) is 11.8 Å². The molecule has 1 aromatic heterocycles. The number of primary amides is 2. The Kier molecular flexibility index (Phi) is 5.16. The van der Waals surface area contributed by atoms with Crippen LogP contribution in [0.15, 0.2) is 16.6 Å². The maximum absolute atomic E-state index is 11.4. The Morgan fingerprint density at radius 1 is 1.26 bits per heavy atom. The van der Waals surface area contributed by atoms with E-state index in [4.69, 9.17) is 20.9 Å². The van der Waals surface area contributed by atoms with Gasteiger partial charge in [-0.05, 0) is 35.0 Å². The predicted octanol–water partition coefficient (Wildman–Crippen LogP) is 0.596. The SMILES string of the molecule is CCOc1cc(-c2n[nH]nc2C(N)=O)cc(Br)c1OCC(N)=O. The minimum Gasteiger partial charge on any atom is -0.490 e. The molecule has 1 heterocycles. The molecule has 0 unspecified atom stereocenters. The van der Waals surface area contributed by atoms with E-state index in [0.717, 1.165) is 0 Å². The molecule has 0 saturated carbocycles. The standard InChI is InChI=1S/C13H14BrN5O4/c1-2-22-8-4-6(10-11(13(16)21)18-19-17-10)3-7(14)12(8)23-5-9(15)20/h3-4H,2,5H2,1H3,(H2,15,20)(H2,16,21)(H,17,18,19). The number of carbonyl (C=O) groups excluding carboxylic acids is 2. The number of hydrogen-bond donors (Lipinski definition) is 3. The van der Waals surface area contributed by atoms with Gasteiger partial charge in [0, 0.05) is 5.56 Å². The lowest BCUT2D eigenvalue weighted by atomic mass is 10.1. The molecule has 0 atom stereocenters. The Morgan fingerprint density at radius 2 is 2.00 bits per heavy atom. The van der Waals surface area contributed by atoms with Crippen molar-refractivity contribution in [3.8, 4) is 22.8 Å². The Bertz CT molecular complexity index is 746. The van der Waals surface area contributed by atoms with Gasteiger partial charge in [0.05, 0.1) is 11.1 Å². The third-order valence-corrected chi connectivity index (χ3v) is 3.31. The fourth-order valence-corrected chi connectivity index (χ4v) is 2.41. The number of halogens is 1. The van der Waals surface area contributed by atoms with E-state index < -0.39 is 11.8 Å². The van der Waals surface area contributed by atoms with Gasteiger partial charge in [-0.3, -0.25) is 9.59 Å². The van der Waals surface area contributed by atoms with Gasteiger partial charge in [-0.2, -0.15) is 15.4 Å². The maximum Gasteiger partial charge on any atom is 0.271 e. The van der Waals surface area contributed by atoms with Gasteiger partial charge in [-0.15, -0.1) is 0 Å². The monoisotopic (exact) mass is 383 g/mol. The molecule has 5 N–H and O–H groups in total. The molecule has 0 spiro atoms. The smallest absolute Gasteiger partial charge is 0.271 e. The predicted molar refractivity (Wildman–Crippen MR) is 83.9 cm³/mol. The molecule has 2 aromatic rings. The molecule has 23 heavy (non-hydrogen) atoms. The number of hydrogen-bond acceptors (Lipinski definition) is 6. The van der Waals surface area contributed by atoms with E-state index in [1.807, 2.05) is 0 Å². The van der Waals surface area contributed by atoms with E-state index in [1.54, 1.807) is 19.1 Å². The van der Waals surface area contributed by atoms with Gasteiger partial charge < -0.3 is 20.9 Å². The molecule has 1 aromatic carbocycles. The van der Waals surface area contributed by atoms with Crippen LogP contribution in [-0.2, 0) is 4.79 Å². The zero-order valence-corrected chi connectivity index (χ0v) is 13.7. The number of nitrogens with two attached hydrogens (primary N) is 2. The van der Waals surface area contributed by atoms with E-state index in [2.05, 4.69) is 31.3 Å². The first kappa shape index (κ1) is 16.7. The highest BCUT2D eigenvalue weighted by Gasteiger charge is 2.20. The molecule has 10 heteroatoms. The van der Waals surface area contributed by atoms with E-state index >= 15 is 0 Å². The molecule has 2 amide bonds. The second-order valence-electron chi connectivity index (χ2n) is 4.36. The van der Waals surface area contributed by atoms with E-state index in [0.29, 0.717) is 28.1 Å². The highest BCUT2D eigenvalue weighted by molar-refractivity contribution is 9.10. The molecule has 0 radical (unpaired) electrons. The normalized spacial score (nSPS) is 10.3. The minimum absolute atomic E-state index is 0.00477. The number of ether oxygens (including phenoxy) is 2. The minimum atomic E-state index is -0.711. The molecular weight excluding hydrogens is 370 g/mol. The van der Waals surface area contributed by atoms with Crippen LogP contribution in [0.4, 0.5) is 0 Å². The van der Waals surface area contributed by atoms with Crippen molar-refractivity contribution < 1.29 is 19.1 Å². The number of rotatable bonds is 7. The van der Waals surface area contributed by atoms with E-state index in [1.165, 1.54) is 0 Å². The zero-order valence-electron chi connectivity index (χ0n) is 12.1. The molecule has 0 saturated heterocycles. The summed E-state index contributed by atoms with van der Waals surface area (Å²) in [5.41, 5.74) is 11.2. The highest BCUT2D eigenvalue weighted by atomic mass is 79.9. The summed E-state index contributed by atoms with van der Waals surface area (Å²) >= 11 is 3.33. The van der Waals surface area contributed by atoms with Crippen molar-refractivity contribution in [2.45, 2.75) is 6.92 Å². The lowest BCUT2D eigenvalue weighted by molar-refractivity contribution is -0.119. The summed E-state index contributed by atoms with van der Waals surface area (Å²) in [5.74, 6) is -0.650. The van der Waals surface area contributed by atoms with Crippen molar-refractivity contribution in [1.82, 2.24) is 15.4 Å². The molecular formula is C13H14BrN5O4. The quantitative estimate of drug-likeness (QED) is 0.637. The van der Waals surface area contributed by atoms with Gasteiger partial charge in [-0.25, -0.2) is 0 Å². The first-order chi connectivity index (χ1) is 10.9. The zero-order chi connectivity index (χ0) is 17.0. The molecule has 0 aliphatic carbocycles. The van der Waals surface area contributed by atoms with Crippen LogP contribution < -0.4 is 20.9 Å². The van der Waals surface area contributed by atoms with Crippen molar-refractivity contribution in [2.24, 2.45) is 11.5 Å².